The van der Waals surface area contributed by atoms with Crippen molar-refractivity contribution in [1.82, 2.24) is 0 Å². The monoisotopic (exact) mass is 326 g/mol. The van der Waals surface area contributed by atoms with Gasteiger partial charge in [0, 0.05) is 0 Å². The van der Waals surface area contributed by atoms with Gasteiger partial charge in [-0.1, -0.05) is 77.6 Å². The summed E-state index contributed by atoms with van der Waals surface area (Å²) in [6.45, 7) is 4.46. The Kier molecular flexibility index (Phi) is 12.1. The second kappa shape index (κ2) is 13.2. The van der Waals surface area contributed by atoms with Gasteiger partial charge in [0.1, 0.15) is 0 Å². The van der Waals surface area contributed by atoms with Gasteiger partial charge in [-0.3, -0.25) is 0 Å². The van der Waals surface area contributed by atoms with E-state index in [4.69, 9.17) is 4.74 Å². The van der Waals surface area contributed by atoms with Crippen LogP contribution in [0.25, 0.3) is 0 Å². The molecular formula is C21H44NO+. The predicted molar refractivity (Wildman–Crippen MR) is 102 cm³/mol. The van der Waals surface area contributed by atoms with Crippen LogP contribution in [0.3, 0.4) is 0 Å². The van der Waals surface area contributed by atoms with E-state index >= 15 is 0 Å². The summed E-state index contributed by atoms with van der Waals surface area (Å²) < 4.78 is 7.20. The van der Waals surface area contributed by atoms with Crippen LogP contribution in [0.2, 0.25) is 0 Å². The number of ether oxygens (including phenoxy) is 1. The minimum absolute atomic E-state index is 0.550. The Morgan fingerprint density at radius 2 is 1.26 bits per heavy atom. The number of rotatable bonds is 14. The summed E-state index contributed by atoms with van der Waals surface area (Å²) in [5.74, 6) is 0. The van der Waals surface area contributed by atoms with Crippen molar-refractivity contribution in [3.05, 3.63) is 0 Å². The summed E-state index contributed by atoms with van der Waals surface area (Å²) in [4.78, 5) is 0. The van der Waals surface area contributed by atoms with Crippen molar-refractivity contribution in [2.24, 2.45) is 0 Å². The van der Waals surface area contributed by atoms with Crippen molar-refractivity contribution in [3.63, 3.8) is 0 Å². The number of unbranched alkanes of at least 4 members (excludes halogenated alkanes) is 9. The van der Waals surface area contributed by atoms with Crippen LogP contribution < -0.4 is 0 Å². The highest BCUT2D eigenvalue weighted by molar-refractivity contribution is 4.64. The van der Waals surface area contributed by atoms with E-state index in [9.17, 15) is 0 Å². The molecule has 1 saturated carbocycles. The number of hydrogen-bond acceptors (Lipinski definition) is 1. The fourth-order valence-electron chi connectivity index (χ4n) is 3.63. The van der Waals surface area contributed by atoms with Crippen LogP contribution in [-0.4, -0.2) is 38.0 Å². The lowest BCUT2D eigenvalue weighted by molar-refractivity contribution is -0.910. The fraction of sp³-hybridized carbons (Fsp3) is 1.00. The second-order valence-corrected chi connectivity index (χ2v) is 8.40. The van der Waals surface area contributed by atoms with Crippen molar-refractivity contribution in [3.8, 4) is 0 Å². The second-order valence-electron chi connectivity index (χ2n) is 8.40. The number of hydrogen-bond donors (Lipinski definition) is 0. The first-order valence-electron chi connectivity index (χ1n) is 10.6. The SMILES string of the molecule is CCCCCCCCCCCC[N+](C)(C)COC1CCCCC1. The van der Waals surface area contributed by atoms with E-state index in [1.54, 1.807) is 0 Å². The van der Waals surface area contributed by atoms with Crippen LogP contribution >= 0.6 is 0 Å². The quantitative estimate of drug-likeness (QED) is 0.207. The minimum atomic E-state index is 0.550. The molecule has 1 rings (SSSR count). The number of nitrogens with zero attached hydrogens (tertiary/aromatic N) is 1. The van der Waals surface area contributed by atoms with Crippen LogP contribution in [0.4, 0.5) is 0 Å². The van der Waals surface area contributed by atoms with E-state index in [1.807, 2.05) is 0 Å². The van der Waals surface area contributed by atoms with Gasteiger partial charge in [0.25, 0.3) is 0 Å². The molecule has 0 aliphatic heterocycles. The van der Waals surface area contributed by atoms with Crippen molar-refractivity contribution < 1.29 is 9.22 Å². The maximum atomic E-state index is 6.16. The van der Waals surface area contributed by atoms with E-state index in [0.29, 0.717) is 6.10 Å². The van der Waals surface area contributed by atoms with Gasteiger partial charge < -0.3 is 9.22 Å². The van der Waals surface area contributed by atoms with Gasteiger partial charge >= 0.3 is 0 Å². The van der Waals surface area contributed by atoms with Crippen molar-refractivity contribution in [2.45, 2.75) is 109 Å². The molecule has 1 aliphatic carbocycles. The molecular weight excluding hydrogens is 282 g/mol. The smallest absolute Gasteiger partial charge is 0.183 e. The molecule has 0 unspecified atom stereocenters. The molecule has 1 aliphatic rings. The Labute approximate surface area is 146 Å². The average Bonchev–Trinajstić information content (AvgIpc) is 2.56. The summed E-state index contributed by atoms with van der Waals surface area (Å²) in [6.07, 6.45) is 21.5. The highest BCUT2D eigenvalue weighted by Crippen LogP contribution is 2.21. The molecule has 23 heavy (non-hydrogen) atoms. The van der Waals surface area contributed by atoms with Crippen LogP contribution in [0.5, 0.6) is 0 Å². The molecule has 2 nitrogen and oxygen atoms in total. The van der Waals surface area contributed by atoms with Gasteiger partial charge in [-0.05, 0) is 25.7 Å². The molecule has 0 heterocycles. The largest absolute Gasteiger partial charge is 0.328 e. The third-order valence-corrected chi connectivity index (χ3v) is 5.33. The minimum Gasteiger partial charge on any atom is -0.328 e. The molecule has 0 spiro atoms. The Morgan fingerprint density at radius 3 is 1.83 bits per heavy atom. The third-order valence-electron chi connectivity index (χ3n) is 5.33. The summed E-state index contributed by atoms with van der Waals surface area (Å²) >= 11 is 0. The summed E-state index contributed by atoms with van der Waals surface area (Å²) in [6, 6.07) is 0. The lowest BCUT2D eigenvalue weighted by Crippen LogP contribution is -2.43. The van der Waals surface area contributed by atoms with Crippen LogP contribution in [0, 0.1) is 0 Å². The van der Waals surface area contributed by atoms with Crippen molar-refractivity contribution in [2.75, 3.05) is 27.4 Å². The first-order chi connectivity index (χ1) is 11.1. The number of quaternary nitrogens is 1. The van der Waals surface area contributed by atoms with Crippen LogP contribution in [0.15, 0.2) is 0 Å². The van der Waals surface area contributed by atoms with E-state index < -0.39 is 0 Å². The predicted octanol–water partition coefficient (Wildman–Crippen LogP) is 6.29. The molecule has 0 radical (unpaired) electrons. The first-order valence-corrected chi connectivity index (χ1v) is 10.6. The van der Waals surface area contributed by atoms with E-state index in [2.05, 4.69) is 21.0 Å². The Balaban J connectivity index is 1.90. The summed E-state index contributed by atoms with van der Waals surface area (Å²) in [5, 5.41) is 0. The van der Waals surface area contributed by atoms with Gasteiger partial charge in [-0.2, -0.15) is 0 Å². The Bertz CT molecular complexity index is 259. The van der Waals surface area contributed by atoms with E-state index in [-0.39, 0.29) is 0 Å². The lowest BCUT2D eigenvalue weighted by atomic mass is 9.98. The Hall–Kier alpha value is -0.0800. The highest BCUT2D eigenvalue weighted by atomic mass is 16.5. The maximum absolute atomic E-state index is 6.16. The molecule has 0 aromatic carbocycles. The van der Waals surface area contributed by atoms with E-state index in [1.165, 1.54) is 103 Å². The molecule has 0 atom stereocenters. The maximum Gasteiger partial charge on any atom is 0.183 e. The first kappa shape index (κ1) is 21.0. The zero-order chi connectivity index (χ0) is 16.8. The molecule has 1 fully saturated rings. The third kappa shape index (κ3) is 12.0. The van der Waals surface area contributed by atoms with Gasteiger partial charge in [-0.15, -0.1) is 0 Å². The van der Waals surface area contributed by atoms with Crippen LogP contribution in [0.1, 0.15) is 103 Å². The van der Waals surface area contributed by atoms with Gasteiger partial charge in [-0.25, -0.2) is 0 Å². The average molecular weight is 327 g/mol. The standard InChI is InChI=1S/C21H44NO/c1-4-5-6-7-8-9-10-11-12-16-19-22(2,3)20-23-21-17-14-13-15-18-21/h21H,4-20H2,1-3H3/q+1. The van der Waals surface area contributed by atoms with Gasteiger partial charge in [0.15, 0.2) is 6.73 Å². The normalized spacial score (nSPS) is 16.8. The molecule has 0 bridgehead atoms. The van der Waals surface area contributed by atoms with Crippen molar-refractivity contribution in [1.29, 1.82) is 0 Å². The molecule has 0 aromatic heterocycles. The molecule has 138 valence electrons. The molecule has 0 N–H and O–H groups in total. The molecule has 0 aromatic rings. The van der Waals surface area contributed by atoms with E-state index in [0.717, 1.165) is 11.2 Å². The Morgan fingerprint density at radius 1 is 0.739 bits per heavy atom. The fourth-order valence-corrected chi connectivity index (χ4v) is 3.63. The molecule has 0 amide bonds. The summed E-state index contributed by atoms with van der Waals surface area (Å²) in [5.41, 5.74) is 0. The highest BCUT2D eigenvalue weighted by Gasteiger charge is 2.19. The zero-order valence-corrected chi connectivity index (χ0v) is 16.5. The lowest BCUT2D eigenvalue weighted by Gasteiger charge is -2.32. The summed E-state index contributed by atoms with van der Waals surface area (Å²) in [7, 11) is 4.66. The topological polar surface area (TPSA) is 9.23 Å². The van der Waals surface area contributed by atoms with Crippen molar-refractivity contribution >= 4 is 0 Å². The van der Waals surface area contributed by atoms with Gasteiger partial charge in [0.2, 0.25) is 0 Å². The van der Waals surface area contributed by atoms with Crippen LogP contribution in [-0.2, 0) is 4.74 Å². The molecule has 2 heteroatoms. The van der Waals surface area contributed by atoms with Gasteiger partial charge in [0.05, 0.1) is 26.7 Å². The zero-order valence-electron chi connectivity index (χ0n) is 16.5. The molecule has 0 saturated heterocycles.